The van der Waals surface area contributed by atoms with Crippen molar-refractivity contribution in [2.24, 2.45) is 0 Å². The molecule has 92 valence electrons. The fraction of sp³-hybridized carbons (Fsp3) is 0.545. The third-order valence-electron chi connectivity index (χ3n) is 2.56. The molecule has 0 bridgehead atoms. The fourth-order valence-electron chi connectivity index (χ4n) is 1.62. The first-order valence-electron chi connectivity index (χ1n) is 5.99. The molecule has 17 heavy (non-hydrogen) atoms. The van der Waals surface area contributed by atoms with Crippen molar-refractivity contribution in [2.75, 3.05) is 11.9 Å². The Kier molecular flexibility index (Phi) is 4.12. The SMILES string of the molecule is CCCCn1ccnc1NCCn1ccnn1. The lowest BCUT2D eigenvalue weighted by molar-refractivity contribution is 0.599. The quantitative estimate of drug-likeness (QED) is 0.786. The molecule has 0 aromatic carbocycles. The minimum atomic E-state index is 0.792. The summed E-state index contributed by atoms with van der Waals surface area (Å²) in [5, 5.41) is 11.0. The van der Waals surface area contributed by atoms with Crippen molar-refractivity contribution >= 4 is 5.95 Å². The van der Waals surface area contributed by atoms with E-state index in [1.807, 2.05) is 18.6 Å². The van der Waals surface area contributed by atoms with Crippen LogP contribution in [0.25, 0.3) is 0 Å². The number of rotatable bonds is 7. The Hall–Kier alpha value is -1.85. The van der Waals surface area contributed by atoms with Crippen molar-refractivity contribution < 1.29 is 0 Å². The zero-order valence-electron chi connectivity index (χ0n) is 10.1. The van der Waals surface area contributed by atoms with Crippen LogP contribution in [0, 0.1) is 0 Å². The molecule has 6 nitrogen and oxygen atoms in total. The lowest BCUT2D eigenvalue weighted by Crippen LogP contribution is -2.14. The Balaban J connectivity index is 1.80. The zero-order valence-corrected chi connectivity index (χ0v) is 10.1. The Morgan fingerprint density at radius 2 is 2.18 bits per heavy atom. The van der Waals surface area contributed by atoms with Gasteiger partial charge < -0.3 is 9.88 Å². The molecule has 0 saturated carbocycles. The average Bonchev–Trinajstić information content (AvgIpc) is 2.98. The first kappa shape index (κ1) is 11.6. The highest BCUT2D eigenvalue weighted by atomic mass is 15.4. The maximum Gasteiger partial charge on any atom is 0.202 e. The van der Waals surface area contributed by atoms with E-state index in [4.69, 9.17) is 0 Å². The summed E-state index contributed by atoms with van der Waals surface area (Å²) in [6, 6.07) is 0. The summed E-state index contributed by atoms with van der Waals surface area (Å²) < 4.78 is 3.94. The monoisotopic (exact) mass is 234 g/mol. The highest BCUT2D eigenvalue weighted by molar-refractivity contribution is 5.25. The minimum Gasteiger partial charge on any atom is -0.354 e. The van der Waals surface area contributed by atoms with Crippen LogP contribution in [0.15, 0.2) is 24.8 Å². The van der Waals surface area contributed by atoms with Crippen LogP contribution in [-0.2, 0) is 13.1 Å². The Morgan fingerprint density at radius 3 is 2.94 bits per heavy atom. The van der Waals surface area contributed by atoms with E-state index in [1.165, 1.54) is 12.8 Å². The number of unbranched alkanes of at least 4 members (excludes halogenated alkanes) is 1. The van der Waals surface area contributed by atoms with Crippen molar-refractivity contribution in [2.45, 2.75) is 32.9 Å². The van der Waals surface area contributed by atoms with Crippen molar-refractivity contribution in [3.8, 4) is 0 Å². The normalized spacial score (nSPS) is 10.6. The van der Waals surface area contributed by atoms with Crippen LogP contribution in [0.5, 0.6) is 0 Å². The highest BCUT2D eigenvalue weighted by Gasteiger charge is 2.01. The summed E-state index contributed by atoms with van der Waals surface area (Å²) in [6.07, 6.45) is 9.74. The van der Waals surface area contributed by atoms with Gasteiger partial charge >= 0.3 is 0 Å². The van der Waals surface area contributed by atoms with Gasteiger partial charge in [0.25, 0.3) is 0 Å². The van der Waals surface area contributed by atoms with E-state index in [0.717, 1.165) is 25.6 Å². The molecular formula is C11H18N6. The van der Waals surface area contributed by atoms with Gasteiger partial charge in [0.15, 0.2) is 0 Å². The molecule has 2 heterocycles. The predicted molar refractivity (Wildman–Crippen MR) is 65.6 cm³/mol. The van der Waals surface area contributed by atoms with Crippen molar-refractivity contribution in [1.82, 2.24) is 24.5 Å². The van der Waals surface area contributed by atoms with Gasteiger partial charge in [0.05, 0.1) is 12.7 Å². The summed E-state index contributed by atoms with van der Waals surface area (Å²) in [4.78, 5) is 4.29. The molecule has 0 unspecified atom stereocenters. The van der Waals surface area contributed by atoms with Crippen LogP contribution < -0.4 is 5.32 Å². The van der Waals surface area contributed by atoms with Gasteiger partial charge in [-0.3, -0.25) is 4.68 Å². The topological polar surface area (TPSA) is 60.6 Å². The van der Waals surface area contributed by atoms with Crippen LogP contribution in [0.2, 0.25) is 0 Å². The van der Waals surface area contributed by atoms with Gasteiger partial charge in [0.1, 0.15) is 0 Å². The van der Waals surface area contributed by atoms with Crippen LogP contribution in [-0.4, -0.2) is 31.1 Å². The van der Waals surface area contributed by atoms with E-state index in [1.54, 1.807) is 10.9 Å². The maximum atomic E-state index is 4.29. The molecule has 0 saturated heterocycles. The van der Waals surface area contributed by atoms with Gasteiger partial charge in [0, 0.05) is 31.7 Å². The first-order chi connectivity index (χ1) is 8.40. The van der Waals surface area contributed by atoms with Gasteiger partial charge in [-0.1, -0.05) is 18.6 Å². The van der Waals surface area contributed by atoms with E-state index in [2.05, 4.69) is 32.1 Å². The standard InChI is InChI=1S/C11H18N6/c1-2-3-7-16-8-4-12-11(16)13-5-9-17-10-6-14-15-17/h4,6,8,10H,2-3,5,7,9H2,1H3,(H,12,13). The summed E-state index contributed by atoms with van der Waals surface area (Å²) in [5.41, 5.74) is 0. The summed E-state index contributed by atoms with van der Waals surface area (Å²) in [7, 11) is 0. The molecule has 2 aromatic heterocycles. The lowest BCUT2D eigenvalue weighted by Gasteiger charge is -2.08. The van der Waals surface area contributed by atoms with Gasteiger partial charge in [0.2, 0.25) is 5.95 Å². The number of nitrogens with zero attached hydrogens (tertiary/aromatic N) is 5. The third-order valence-corrected chi connectivity index (χ3v) is 2.56. The fourth-order valence-corrected chi connectivity index (χ4v) is 1.62. The lowest BCUT2D eigenvalue weighted by atomic mass is 10.3. The number of hydrogen-bond donors (Lipinski definition) is 1. The molecule has 6 heteroatoms. The van der Waals surface area contributed by atoms with Crippen LogP contribution in [0.3, 0.4) is 0 Å². The molecule has 0 aliphatic rings. The van der Waals surface area contributed by atoms with E-state index >= 15 is 0 Å². The Morgan fingerprint density at radius 1 is 1.24 bits per heavy atom. The van der Waals surface area contributed by atoms with Gasteiger partial charge in [-0.05, 0) is 6.42 Å². The van der Waals surface area contributed by atoms with Crippen molar-refractivity contribution in [3.05, 3.63) is 24.8 Å². The highest BCUT2D eigenvalue weighted by Crippen LogP contribution is 2.05. The van der Waals surface area contributed by atoms with E-state index in [0.29, 0.717) is 0 Å². The molecule has 0 spiro atoms. The summed E-state index contributed by atoms with van der Waals surface area (Å²) >= 11 is 0. The predicted octanol–water partition coefficient (Wildman–Crippen LogP) is 1.39. The van der Waals surface area contributed by atoms with Crippen LogP contribution >= 0.6 is 0 Å². The molecule has 1 N–H and O–H groups in total. The molecule has 0 fully saturated rings. The minimum absolute atomic E-state index is 0.792. The van der Waals surface area contributed by atoms with Gasteiger partial charge in [-0.25, -0.2) is 4.98 Å². The van der Waals surface area contributed by atoms with Crippen LogP contribution in [0.4, 0.5) is 5.95 Å². The maximum absolute atomic E-state index is 4.29. The second-order valence-corrected chi connectivity index (χ2v) is 3.89. The number of aromatic nitrogens is 5. The van der Waals surface area contributed by atoms with E-state index in [-0.39, 0.29) is 0 Å². The van der Waals surface area contributed by atoms with Crippen molar-refractivity contribution in [3.63, 3.8) is 0 Å². The molecule has 0 aliphatic carbocycles. The number of anilines is 1. The molecule has 2 rings (SSSR count). The van der Waals surface area contributed by atoms with E-state index < -0.39 is 0 Å². The molecule has 0 radical (unpaired) electrons. The number of nitrogens with one attached hydrogen (secondary N) is 1. The third kappa shape index (κ3) is 3.30. The molecular weight excluding hydrogens is 216 g/mol. The number of imidazole rings is 1. The second kappa shape index (κ2) is 6.03. The van der Waals surface area contributed by atoms with E-state index in [9.17, 15) is 0 Å². The van der Waals surface area contributed by atoms with Crippen molar-refractivity contribution in [1.29, 1.82) is 0 Å². The van der Waals surface area contributed by atoms with Gasteiger partial charge in [-0.15, -0.1) is 5.10 Å². The zero-order chi connectivity index (χ0) is 11.9. The Labute approximate surface area is 101 Å². The molecule has 2 aromatic rings. The van der Waals surface area contributed by atoms with Gasteiger partial charge in [-0.2, -0.15) is 0 Å². The molecule has 0 atom stereocenters. The summed E-state index contributed by atoms with van der Waals surface area (Å²) in [5.74, 6) is 0.929. The smallest absolute Gasteiger partial charge is 0.202 e. The molecule has 0 aliphatic heterocycles. The van der Waals surface area contributed by atoms with Crippen LogP contribution in [0.1, 0.15) is 19.8 Å². The second-order valence-electron chi connectivity index (χ2n) is 3.89. The Bertz CT molecular complexity index is 419. The number of aryl methyl sites for hydroxylation is 1. The first-order valence-corrected chi connectivity index (χ1v) is 5.99. The largest absolute Gasteiger partial charge is 0.354 e. The number of hydrogen-bond acceptors (Lipinski definition) is 4. The summed E-state index contributed by atoms with van der Waals surface area (Å²) in [6.45, 7) is 4.80. The molecule has 0 amide bonds. The average molecular weight is 234 g/mol.